The number of halogens is 2. The highest BCUT2D eigenvalue weighted by Crippen LogP contribution is 2.28. The van der Waals surface area contributed by atoms with Crippen molar-refractivity contribution in [3.63, 3.8) is 0 Å². The number of methoxy groups -OCH3 is 2. The average molecular weight is 383 g/mol. The molecule has 8 heteroatoms. The number of carbonyl (C=O) groups is 1. The molecule has 0 heterocycles. The molecule has 0 saturated carbocycles. The van der Waals surface area contributed by atoms with Crippen molar-refractivity contribution in [1.29, 1.82) is 0 Å². The summed E-state index contributed by atoms with van der Waals surface area (Å²) in [7, 11) is 2.80. The molecule has 2 aromatic rings. The number of rotatable bonds is 7. The maximum atomic E-state index is 11.1. The van der Waals surface area contributed by atoms with Crippen LogP contribution < -0.4 is 14.9 Å². The molecule has 0 unspecified atom stereocenters. The summed E-state index contributed by atoms with van der Waals surface area (Å²) in [5.74, 6) is 0.417. The van der Waals surface area contributed by atoms with E-state index in [1.165, 1.54) is 14.2 Å². The minimum Gasteiger partial charge on any atom is -0.493 e. The molecule has 0 bridgehead atoms. The van der Waals surface area contributed by atoms with E-state index >= 15 is 0 Å². The maximum Gasteiger partial charge on any atom is 0.343 e. The predicted octanol–water partition coefficient (Wildman–Crippen LogP) is 4.00. The second-order valence-corrected chi connectivity index (χ2v) is 5.61. The van der Waals surface area contributed by atoms with Crippen LogP contribution in [-0.2, 0) is 9.53 Å². The molecule has 6 nitrogen and oxygen atoms in total. The van der Waals surface area contributed by atoms with Crippen molar-refractivity contribution in [2.45, 2.75) is 0 Å². The number of benzene rings is 2. The van der Waals surface area contributed by atoms with Crippen LogP contribution in [0.25, 0.3) is 0 Å². The minimum atomic E-state index is -0.477. The van der Waals surface area contributed by atoms with Gasteiger partial charge in [0.1, 0.15) is 0 Å². The molecule has 1 N–H and O–H groups in total. The van der Waals surface area contributed by atoms with Gasteiger partial charge in [0, 0.05) is 5.02 Å². The molecular formula is C17H16Cl2N2O4. The van der Waals surface area contributed by atoms with E-state index in [2.05, 4.69) is 15.3 Å². The van der Waals surface area contributed by atoms with Gasteiger partial charge in [-0.2, -0.15) is 5.10 Å². The summed E-state index contributed by atoms with van der Waals surface area (Å²) in [5, 5.41) is 5.17. The van der Waals surface area contributed by atoms with Crippen LogP contribution in [0.5, 0.6) is 11.5 Å². The lowest BCUT2D eigenvalue weighted by Gasteiger charge is -2.10. The first-order chi connectivity index (χ1) is 12.0. The van der Waals surface area contributed by atoms with Gasteiger partial charge in [-0.15, -0.1) is 0 Å². The quantitative estimate of drug-likeness (QED) is 0.445. The second-order valence-electron chi connectivity index (χ2n) is 4.77. The first-order valence-corrected chi connectivity index (χ1v) is 7.91. The van der Waals surface area contributed by atoms with Crippen LogP contribution in [0.3, 0.4) is 0 Å². The molecule has 0 saturated heterocycles. The Bertz CT molecular complexity index is 781. The zero-order valence-electron chi connectivity index (χ0n) is 13.6. The zero-order valence-corrected chi connectivity index (χ0v) is 15.1. The smallest absolute Gasteiger partial charge is 0.343 e. The first-order valence-electron chi connectivity index (χ1n) is 7.15. The van der Waals surface area contributed by atoms with Crippen molar-refractivity contribution in [2.75, 3.05) is 26.3 Å². The standard InChI is InChI=1S/C17H16Cl2N2O4/c1-23-16-7-11(3-6-15(16)25-10-17(22)24-2)9-20-21-14-8-12(18)4-5-13(14)19/h3-9,21H,10H2,1-2H3/b20-9+. The molecule has 0 aliphatic rings. The van der Waals surface area contributed by atoms with Gasteiger partial charge < -0.3 is 14.2 Å². The molecule has 0 aromatic heterocycles. The summed E-state index contributed by atoms with van der Waals surface area (Å²) in [6.07, 6.45) is 1.59. The molecule has 25 heavy (non-hydrogen) atoms. The van der Waals surface area contributed by atoms with Crippen molar-refractivity contribution in [3.05, 3.63) is 52.0 Å². The van der Waals surface area contributed by atoms with Gasteiger partial charge >= 0.3 is 5.97 Å². The predicted molar refractivity (Wildman–Crippen MR) is 98.2 cm³/mol. The molecule has 0 amide bonds. The number of hydrogen-bond acceptors (Lipinski definition) is 6. The van der Waals surface area contributed by atoms with Gasteiger partial charge in [0.2, 0.25) is 0 Å². The maximum absolute atomic E-state index is 11.1. The number of ether oxygens (including phenoxy) is 3. The number of anilines is 1. The van der Waals surface area contributed by atoms with Gasteiger partial charge in [-0.05, 0) is 42.0 Å². The Labute approximate surface area is 155 Å². The van der Waals surface area contributed by atoms with Crippen molar-refractivity contribution in [3.8, 4) is 11.5 Å². The zero-order chi connectivity index (χ0) is 18.2. The normalized spacial score (nSPS) is 10.6. The molecule has 132 valence electrons. The number of esters is 1. The van der Waals surface area contributed by atoms with E-state index in [9.17, 15) is 4.79 Å². The fourth-order valence-electron chi connectivity index (χ4n) is 1.84. The highest BCUT2D eigenvalue weighted by molar-refractivity contribution is 6.35. The molecule has 0 aliphatic carbocycles. The lowest BCUT2D eigenvalue weighted by molar-refractivity contribution is -0.142. The Kier molecular flexibility index (Phi) is 6.91. The van der Waals surface area contributed by atoms with Gasteiger partial charge in [0.05, 0.1) is 31.1 Å². The molecule has 0 radical (unpaired) electrons. The fourth-order valence-corrected chi connectivity index (χ4v) is 2.17. The first kappa shape index (κ1) is 18.9. The number of carbonyl (C=O) groups excluding carboxylic acids is 1. The number of hydrogen-bond donors (Lipinski definition) is 1. The molecule has 0 atom stereocenters. The average Bonchev–Trinajstić information content (AvgIpc) is 2.62. The molecule has 2 rings (SSSR count). The van der Waals surface area contributed by atoms with Crippen molar-refractivity contribution >= 4 is 41.1 Å². The van der Waals surface area contributed by atoms with Gasteiger partial charge in [-0.1, -0.05) is 23.2 Å². The molecule has 2 aromatic carbocycles. The highest BCUT2D eigenvalue weighted by Gasteiger charge is 2.08. The third-order valence-electron chi connectivity index (χ3n) is 3.09. The number of hydrazone groups is 1. The lowest BCUT2D eigenvalue weighted by Crippen LogP contribution is -2.13. The largest absolute Gasteiger partial charge is 0.493 e. The lowest BCUT2D eigenvalue weighted by atomic mass is 10.2. The molecule has 0 fully saturated rings. The molecule has 0 aliphatic heterocycles. The van der Waals surface area contributed by atoms with E-state index in [0.29, 0.717) is 27.2 Å². The fraction of sp³-hybridized carbons (Fsp3) is 0.176. The van der Waals surface area contributed by atoms with Gasteiger partial charge in [-0.25, -0.2) is 4.79 Å². The minimum absolute atomic E-state index is 0.199. The van der Waals surface area contributed by atoms with Crippen LogP contribution in [0, 0.1) is 0 Å². The summed E-state index contributed by atoms with van der Waals surface area (Å²) >= 11 is 12.0. The van der Waals surface area contributed by atoms with Crippen LogP contribution in [0.2, 0.25) is 10.0 Å². The Hall–Kier alpha value is -2.44. The van der Waals surface area contributed by atoms with E-state index in [4.69, 9.17) is 32.7 Å². The third-order valence-corrected chi connectivity index (χ3v) is 3.65. The summed E-state index contributed by atoms with van der Waals surface area (Å²) in [4.78, 5) is 11.1. The Morgan fingerprint density at radius 2 is 1.96 bits per heavy atom. The van der Waals surface area contributed by atoms with Crippen LogP contribution in [0.4, 0.5) is 5.69 Å². The highest BCUT2D eigenvalue weighted by atomic mass is 35.5. The van der Waals surface area contributed by atoms with Gasteiger partial charge in [0.15, 0.2) is 18.1 Å². The van der Waals surface area contributed by atoms with E-state index in [0.717, 1.165) is 5.56 Å². The molecular weight excluding hydrogens is 367 g/mol. The van der Waals surface area contributed by atoms with Gasteiger partial charge in [0.25, 0.3) is 0 Å². The Morgan fingerprint density at radius 1 is 1.16 bits per heavy atom. The SMILES string of the molecule is COC(=O)COc1ccc(/C=N/Nc2cc(Cl)ccc2Cl)cc1OC. The summed E-state index contributed by atoms with van der Waals surface area (Å²) in [6.45, 7) is -0.199. The van der Waals surface area contributed by atoms with Crippen LogP contribution in [0.1, 0.15) is 5.56 Å². The topological polar surface area (TPSA) is 69.2 Å². The number of nitrogens with zero attached hydrogens (tertiary/aromatic N) is 1. The van der Waals surface area contributed by atoms with Crippen molar-refractivity contribution in [2.24, 2.45) is 5.10 Å². The van der Waals surface area contributed by atoms with Crippen molar-refractivity contribution < 1.29 is 19.0 Å². The van der Waals surface area contributed by atoms with Crippen LogP contribution in [-0.4, -0.2) is 33.0 Å². The molecule has 0 spiro atoms. The van der Waals surface area contributed by atoms with Crippen molar-refractivity contribution in [1.82, 2.24) is 0 Å². The monoisotopic (exact) mass is 382 g/mol. The van der Waals surface area contributed by atoms with Crippen LogP contribution in [0.15, 0.2) is 41.5 Å². The van der Waals surface area contributed by atoms with E-state index < -0.39 is 5.97 Å². The van der Waals surface area contributed by atoms with Gasteiger partial charge in [-0.3, -0.25) is 5.43 Å². The number of nitrogens with one attached hydrogen (secondary N) is 1. The van der Waals surface area contributed by atoms with E-state index in [-0.39, 0.29) is 6.61 Å². The Balaban J connectivity index is 2.06. The van der Waals surface area contributed by atoms with Crippen LogP contribution >= 0.6 is 23.2 Å². The third kappa shape index (κ3) is 5.55. The second kappa shape index (κ2) is 9.15. The summed E-state index contributed by atoms with van der Waals surface area (Å²) in [5.41, 5.74) is 4.17. The summed E-state index contributed by atoms with van der Waals surface area (Å²) < 4.78 is 15.1. The summed E-state index contributed by atoms with van der Waals surface area (Å²) in [6, 6.07) is 10.2. The Morgan fingerprint density at radius 3 is 2.68 bits per heavy atom. The van der Waals surface area contributed by atoms with E-state index in [1.54, 1.807) is 42.6 Å². The van der Waals surface area contributed by atoms with E-state index in [1.807, 2.05) is 0 Å².